The van der Waals surface area contributed by atoms with Crippen LogP contribution in [-0.2, 0) is 20.7 Å². The van der Waals surface area contributed by atoms with Gasteiger partial charge in [-0.15, -0.1) is 0 Å². The lowest BCUT2D eigenvalue weighted by atomic mass is 10.1. The molecule has 5 heteroatoms. The monoisotopic (exact) mass is 330 g/mol. The Hall–Kier alpha value is -1.88. The van der Waals surface area contributed by atoms with E-state index in [-0.39, 0.29) is 12.1 Å². The van der Waals surface area contributed by atoms with Crippen LogP contribution in [0.15, 0.2) is 30.3 Å². The molecule has 5 nitrogen and oxygen atoms in total. The van der Waals surface area contributed by atoms with Gasteiger partial charge in [0.15, 0.2) is 0 Å². The van der Waals surface area contributed by atoms with Crippen LogP contribution in [-0.4, -0.2) is 49.1 Å². The summed E-state index contributed by atoms with van der Waals surface area (Å²) in [5, 5.41) is 8.44. The van der Waals surface area contributed by atoms with Gasteiger partial charge < -0.3 is 14.4 Å². The number of hydrogen-bond acceptors (Lipinski definition) is 4. The first-order valence-corrected chi connectivity index (χ1v) is 8.66. The van der Waals surface area contributed by atoms with Gasteiger partial charge in [0.2, 0.25) is 0 Å². The van der Waals surface area contributed by atoms with E-state index in [2.05, 4.69) is 6.92 Å². The van der Waals surface area contributed by atoms with Gasteiger partial charge in [-0.25, -0.2) is 4.79 Å². The number of ether oxygens (including phenoxy) is 2. The van der Waals surface area contributed by atoms with Crippen LogP contribution in [0.4, 0.5) is 0 Å². The fraction of sp³-hybridized carbons (Fsp3) is 0.579. The van der Waals surface area contributed by atoms with E-state index < -0.39 is 6.04 Å². The van der Waals surface area contributed by atoms with Gasteiger partial charge in [0, 0.05) is 19.4 Å². The first-order valence-electron chi connectivity index (χ1n) is 8.66. The zero-order valence-electron chi connectivity index (χ0n) is 14.4. The molecular weight excluding hydrogens is 304 g/mol. The van der Waals surface area contributed by atoms with Gasteiger partial charge in [0.25, 0.3) is 0 Å². The van der Waals surface area contributed by atoms with Crippen molar-refractivity contribution in [2.45, 2.75) is 38.3 Å². The van der Waals surface area contributed by atoms with E-state index in [4.69, 9.17) is 14.9 Å². The maximum atomic E-state index is 12.1. The number of nitrogens with zero attached hydrogens (tertiary/aromatic N) is 1. The molecule has 0 aromatic heterocycles. The third-order valence-electron chi connectivity index (χ3n) is 5.12. The van der Waals surface area contributed by atoms with E-state index in [1.807, 2.05) is 35.2 Å². The Morgan fingerprint density at radius 3 is 2.62 bits per heavy atom. The van der Waals surface area contributed by atoms with Gasteiger partial charge in [-0.1, -0.05) is 37.3 Å². The van der Waals surface area contributed by atoms with E-state index in [9.17, 15) is 4.79 Å². The Morgan fingerprint density at radius 1 is 1.29 bits per heavy atom. The van der Waals surface area contributed by atoms with E-state index in [1.54, 1.807) is 0 Å². The summed E-state index contributed by atoms with van der Waals surface area (Å²) in [5.74, 6) is 1.59. The van der Waals surface area contributed by atoms with Crippen molar-refractivity contribution in [2.75, 3.05) is 20.3 Å². The van der Waals surface area contributed by atoms with Crippen molar-refractivity contribution < 1.29 is 14.3 Å². The number of likely N-dealkylation sites (tertiary alicyclic amines) is 1. The third-order valence-corrected chi connectivity index (χ3v) is 5.12. The SMILES string of the molecule is COC(=O)C1CC(OCC2CC2C)CN1C(=N)Cc1ccccc1. The molecule has 4 unspecified atom stereocenters. The van der Waals surface area contributed by atoms with Crippen molar-refractivity contribution in [1.29, 1.82) is 5.41 Å². The van der Waals surface area contributed by atoms with Crippen molar-refractivity contribution in [1.82, 2.24) is 4.90 Å². The van der Waals surface area contributed by atoms with Gasteiger partial charge in [0.1, 0.15) is 11.9 Å². The summed E-state index contributed by atoms with van der Waals surface area (Å²) in [6.07, 6.45) is 2.35. The second-order valence-corrected chi connectivity index (χ2v) is 6.96. The second-order valence-electron chi connectivity index (χ2n) is 6.96. The molecule has 2 fully saturated rings. The second kappa shape index (κ2) is 7.34. The van der Waals surface area contributed by atoms with Crippen LogP contribution < -0.4 is 0 Å². The molecule has 3 rings (SSSR count). The van der Waals surface area contributed by atoms with Crippen LogP contribution in [0.1, 0.15) is 25.3 Å². The fourth-order valence-corrected chi connectivity index (χ4v) is 3.36. The van der Waals surface area contributed by atoms with Crippen LogP contribution in [0.5, 0.6) is 0 Å². The van der Waals surface area contributed by atoms with Crippen molar-refractivity contribution in [3.8, 4) is 0 Å². The lowest BCUT2D eigenvalue weighted by molar-refractivity contribution is -0.144. The standard InChI is InChI=1S/C19H26N2O3/c1-13-8-15(13)12-24-16-10-17(19(22)23-2)21(11-16)18(20)9-14-6-4-3-5-7-14/h3-7,13,15-17,20H,8-12H2,1-2H3. The first kappa shape index (κ1) is 17.0. The fourth-order valence-electron chi connectivity index (χ4n) is 3.36. The number of carbonyl (C=O) groups excluding carboxylic acids is 1. The molecule has 0 radical (unpaired) electrons. The lowest BCUT2D eigenvalue weighted by Gasteiger charge is -2.25. The number of methoxy groups -OCH3 is 1. The summed E-state index contributed by atoms with van der Waals surface area (Å²) in [6.45, 7) is 3.59. The molecule has 24 heavy (non-hydrogen) atoms. The van der Waals surface area contributed by atoms with Crippen molar-refractivity contribution in [3.05, 3.63) is 35.9 Å². The van der Waals surface area contributed by atoms with Crippen molar-refractivity contribution in [2.24, 2.45) is 11.8 Å². The lowest BCUT2D eigenvalue weighted by Crippen LogP contribution is -2.41. The minimum absolute atomic E-state index is 0.00183. The number of nitrogens with one attached hydrogen (secondary N) is 1. The third kappa shape index (κ3) is 3.96. The van der Waals surface area contributed by atoms with Crippen molar-refractivity contribution in [3.63, 3.8) is 0 Å². The molecule has 1 saturated carbocycles. The summed E-state index contributed by atoms with van der Waals surface area (Å²) >= 11 is 0. The molecule has 1 saturated heterocycles. The quantitative estimate of drug-likeness (QED) is 0.494. The molecule has 1 heterocycles. The number of hydrogen-bond donors (Lipinski definition) is 1. The smallest absolute Gasteiger partial charge is 0.328 e. The van der Waals surface area contributed by atoms with E-state index in [0.717, 1.165) is 18.1 Å². The minimum Gasteiger partial charge on any atom is -0.467 e. The maximum Gasteiger partial charge on any atom is 0.328 e. The topological polar surface area (TPSA) is 62.6 Å². The minimum atomic E-state index is -0.409. The van der Waals surface area contributed by atoms with Gasteiger partial charge >= 0.3 is 5.97 Å². The predicted molar refractivity (Wildman–Crippen MR) is 92.0 cm³/mol. The first-order chi connectivity index (χ1) is 11.6. The summed E-state index contributed by atoms with van der Waals surface area (Å²) < 4.78 is 10.9. The Bertz CT molecular complexity index is 590. The maximum absolute atomic E-state index is 12.1. The molecule has 4 atom stereocenters. The molecule has 2 aliphatic rings. The molecule has 1 N–H and O–H groups in total. The van der Waals surface area contributed by atoms with E-state index >= 15 is 0 Å². The summed E-state index contributed by atoms with van der Waals surface area (Å²) in [7, 11) is 1.40. The van der Waals surface area contributed by atoms with E-state index in [0.29, 0.717) is 31.1 Å². The highest BCUT2D eigenvalue weighted by molar-refractivity contribution is 5.88. The molecule has 1 aromatic carbocycles. The number of rotatable bonds is 6. The Balaban J connectivity index is 1.61. The van der Waals surface area contributed by atoms with Gasteiger partial charge in [-0.3, -0.25) is 5.41 Å². The number of benzene rings is 1. The molecule has 0 spiro atoms. The summed E-state index contributed by atoms with van der Waals surface area (Å²) in [6, 6.07) is 9.48. The van der Waals surface area contributed by atoms with Crippen LogP contribution in [0.25, 0.3) is 0 Å². The largest absolute Gasteiger partial charge is 0.467 e. The molecule has 1 aliphatic carbocycles. The van der Waals surface area contributed by atoms with Crippen LogP contribution >= 0.6 is 0 Å². The van der Waals surface area contributed by atoms with E-state index in [1.165, 1.54) is 13.5 Å². The molecule has 1 aromatic rings. The Kier molecular flexibility index (Phi) is 5.19. The summed E-state index contributed by atoms with van der Waals surface area (Å²) in [5.41, 5.74) is 1.07. The van der Waals surface area contributed by atoms with Crippen LogP contribution in [0, 0.1) is 17.2 Å². The predicted octanol–water partition coefficient (Wildman–Crippen LogP) is 2.49. The molecule has 130 valence electrons. The highest BCUT2D eigenvalue weighted by atomic mass is 16.5. The zero-order chi connectivity index (χ0) is 17.1. The van der Waals surface area contributed by atoms with Crippen LogP contribution in [0.2, 0.25) is 0 Å². The normalized spacial score (nSPS) is 28.7. The molecule has 1 aliphatic heterocycles. The highest BCUT2D eigenvalue weighted by Crippen LogP contribution is 2.38. The Morgan fingerprint density at radius 2 is 2.00 bits per heavy atom. The van der Waals surface area contributed by atoms with Crippen LogP contribution in [0.3, 0.4) is 0 Å². The molecule has 0 amide bonds. The number of carbonyl (C=O) groups is 1. The number of amidine groups is 1. The van der Waals surface area contributed by atoms with Gasteiger partial charge in [-0.2, -0.15) is 0 Å². The van der Waals surface area contributed by atoms with Crippen molar-refractivity contribution >= 4 is 11.8 Å². The van der Waals surface area contributed by atoms with Gasteiger partial charge in [0.05, 0.1) is 19.8 Å². The Labute approximate surface area is 143 Å². The average molecular weight is 330 g/mol. The number of esters is 1. The highest BCUT2D eigenvalue weighted by Gasteiger charge is 2.41. The average Bonchev–Trinajstić information content (AvgIpc) is 3.13. The molecule has 0 bridgehead atoms. The molecular formula is C19H26N2O3. The summed E-state index contributed by atoms with van der Waals surface area (Å²) in [4.78, 5) is 14.0. The zero-order valence-corrected chi connectivity index (χ0v) is 14.4. The van der Waals surface area contributed by atoms with Gasteiger partial charge in [-0.05, 0) is 23.8 Å².